The number of nitrogens with one attached hydrogen (secondary N) is 1. The van der Waals surface area contributed by atoms with Gasteiger partial charge in [-0.2, -0.15) is 13.2 Å². The molecule has 0 aliphatic rings. The lowest BCUT2D eigenvalue weighted by Gasteiger charge is -2.12. The number of anilines is 1. The Morgan fingerprint density at radius 3 is 2.47 bits per heavy atom. The first-order valence-electron chi connectivity index (χ1n) is 5.14. The second-order valence-electron chi connectivity index (χ2n) is 3.69. The molecule has 0 spiro atoms. The van der Waals surface area contributed by atoms with Crippen LogP contribution in [-0.4, -0.2) is 25.9 Å². The highest BCUT2D eigenvalue weighted by molar-refractivity contribution is 7.92. The van der Waals surface area contributed by atoms with Crippen molar-refractivity contribution in [3.05, 3.63) is 28.8 Å². The minimum atomic E-state index is -4.66. The molecule has 0 unspecified atom stereocenters. The maximum absolute atomic E-state index is 12.6. The van der Waals surface area contributed by atoms with Gasteiger partial charge >= 0.3 is 6.18 Å². The molecule has 0 amide bonds. The van der Waals surface area contributed by atoms with Gasteiger partial charge in [-0.25, -0.2) is 8.42 Å². The van der Waals surface area contributed by atoms with E-state index in [0.717, 1.165) is 12.1 Å². The van der Waals surface area contributed by atoms with Gasteiger partial charge in [-0.15, -0.1) is 0 Å². The Morgan fingerprint density at radius 2 is 1.95 bits per heavy atom. The van der Waals surface area contributed by atoms with E-state index in [0.29, 0.717) is 6.07 Å². The zero-order chi connectivity index (χ0) is 14.7. The van der Waals surface area contributed by atoms with Crippen molar-refractivity contribution >= 4 is 27.3 Å². The summed E-state index contributed by atoms with van der Waals surface area (Å²) in [5, 5.41) is 8.02. The molecule has 0 aromatic heterocycles. The van der Waals surface area contributed by atoms with Gasteiger partial charge in [0.2, 0.25) is 10.0 Å². The van der Waals surface area contributed by atoms with Crippen molar-refractivity contribution in [1.29, 1.82) is 0 Å². The zero-order valence-corrected chi connectivity index (χ0v) is 11.1. The fraction of sp³-hybridized carbons (Fsp3) is 0.400. The number of rotatable bonds is 5. The maximum atomic E-state index is 12.6. The number of hydrogen-bond acceptors (Lipinski definition) is 3. The third-order valence-corrected chi connectivity index (χ3v) is 3.82. The normalized spacial score (nSPS) is 12.5. The number of hydrogen-bond donors (Lipinski definition) is 2. The van der Waals surface area contributed by atoms with Gasteiger partial charge < -0.3 is 5.11 Å². The van der Waals surface area contributed by atoms with Crippen LogP contribution in [0, 0.1) is 0 Å². The summed E-state index contributed by atoms with van der Waals surface area (Å²) in [7, 11) is -3.79. The van der Waals surface area contributed by atoms with Crippen molar-refractivity contribution in [2.24, 2.45) is 0 Å². The molecule has 4 nitrogen and oxygen atoms in total. The molecular weight excluding hydrogens is 307 g/mol. The van der Waals surface area contributed by atoms with Crippen LogP contribution in [0.3, 0.4) is 0 Å². The van der Waals surface area contributed by atoms with E-state index in [4.69, 9.17) is 16.7 Å². The molecule has 9 heteroatoms. The predicted molar refractivity (Wildman–Crippen MR) is 65.6 cm³/mol. The van der Waals surface area contributed by atoms with Crippen LogP contribution < -0.4 is 4.72 Å². The monoisotopic (exact) mass is 317 g/mol. The maximum Gasteiger partial charge on any atom is 0.417 e. The van der Waals surface area contributed by atoms with Crippen LogP contribution in [0.5, 0.6) is 0 Å². The molecule has 0 fully saturated rings. The summed E-state index contributed by atoms with van der Waals surface area (Å²) in [5.74, 6) is -0.381. The first-order valence-corrected chi connectivity index (χ1v) is 7.17. The second kappa shape index (κ2) is 5.98. The number of benzene rings is 1. The Morgan fingerprint density at radius 1 is 1.32 bits per heavy atom. The number of aliphatic hydroxyl groups is 1. The van der Waals surface area contributed by atoms with Crippen molar-refractivity contribution in [3.63, 3.8) is 0 Å². The summed E-state index contributed by atoms with van der Waals surface area (Å²) in [4.78, 5) is 0. The van der Waals surface area contributed by atoms with Crippen molar-refractivity contribution in [2.75, 3.05) is 17.1 Å². The molecule has 1 aromatic carbocycles. The Bertz CT molecular complexity index is 545. The van der Waals surface area contributed by atoms with Crippen LogP contribution in [0.25, 0.3) is 0 Å². The molecule has 1 rings (SSSR count). The van der Waals surface area contributed by atoms with Crippen LogP contribution in [-0.2, 0) is 16.2 Å². The summed E-state index contributed by atoms with van der Waals surface area (Å²) in [6.07, 6.45) is -4.67. The summed E-state index contributed by atoms with van der Waals surface area (Å²) in [6, 6.07) is 2.72. The Kier molecular flexibility index (Phi) is 5.05. The summed E-state index contributed by atoms with van der Waals surface area (Å²) in [6.45, 7) is -0.324. The lowest BCUT2D eigenvalue weighted by molar-refractivity contribution is -0.137. The Hall–Kier alpha value is -0.990. The molecule has 0 radical (unpaired) electrons. The van der Waals surface area contributed by atoms with Crippen LogP contribution in [0.4, 0.5) is 18.9 Å². The van der Waals surface area contributed by atoms with Crippen LogP contribution in [0.15, 0.2) is 18.2 Å². The molecule has 108 valence electrons. The molecule has 0 heterocycles. The van der Waals surface area contributed by atoms with E-state index in [2.05, 4.69) is 0 Å². The summed E-state index contributed by atoms with van der Waals surface area (Å²) in [5.41, 5.74) is -1.34. The second-order valence-corrected chi connectivity index (χ2v) is 5.94. The van der Waals surface area contributed by atoms with Gasteiger partial charge in [0.25, 0.3) is 0 Å². The number of sulfonamides is 1. The van der Waals surface area contributed by atoms with Gasteiger partial charge in [-0.3, -0.25) is 4.72 Å². The highest BCUT2D eigenvalue weighted by Crippen LogP contribution is 2.36. The van der Waals surface area contributed by atoms with Crippen LogP contribution in [0.2, 0.25) is 5.02 Å². The molecule has 0 bridgehead atoms. The molecule has 0 saturated carbocycles. The van der Waals surface area contributed by atoms with Crippen molar-refractivity contribution < 1.29 is 26.7 Å². The lowest BCUT2D eigenvalue weighted by atomic mass is 10.2. The highest BCUT2D eigenvalue weighted by Gasteiger charge is 2.33. The molecular formula is C10H11ClF3NO3S. The molecule has 0 saturated heterocycles. The topological polar surface area (TPSA) is 66.4 Å². The molecule has 0 aliphatic heterocycles. The van der Waals surface area contributed by atoms with E-state index in [1.165, 1.54) is 0 Å². The van der Waals surface area contributed by atoms with Crippen molar-refractivity contribution in [1.82, 2.24) is 0 Å². The molecule has 1 aromatic rings. The molecule has 0 aliphatic carbocycles. The SMILES string of the molecule is O=S(=O)(CCCO)Nc1ccc(Cl)c(C(F)(F)F)c1. The first-order chi connectivity index (χ1) is 8.65. The third-order valence-electron chi connectivity index (χ3n) is 2.12. The number of aliphatic hydroxyl groups excluding tert-OH is 1. The quantitative estimate of drug-likeness (QED) is 0.877. The van der Waals surface area contributed by atoms with Gasteiger partial charge in [0.05, 0.1) is 16.3 Å². The lowest BCUT2D eigenvalue weighted by Crippen LogP contribution is -2.18. The van der Waals surface area contributed by atoms with E-state index in [9.17, 15) is 21.6 Å². The van der Waals surface area contributed by atoms with E-state index >= 15 is 0 Å². The third kappa shape index (κ3) is 4.88. The van der Waals surface area contributed by atoms with Gasteiger partial charge in [0, 0.05) is 12.3 Å². The van der Waals surface area contributed by atoms with E-state index in [1.807, 2.05) is 4.72 Å². The summed E-state index contributed by atoms with van der Waals surface area (Å²) >= 11 is 5.41. The van der Waals surface area contributed by atoms with E-state index < -0.39 is 26.8 Å². The standard InChI is InChI=1S/C10H11ClF3NO3S/c11-9-3-2-7(6-8(9)10(12,13)14)15-19(17,18)5-1-4-16/h2-3,6,15-16H,1,4-5H2. The number of halogens is 4. The Labute approximate surface area is 113 Å². The van der Waals surface area contributed by atoms with Crippen LogP contribution in [0.1, 0.15) is 12.0 Å². The van der Waals surface area contributed by atoms with Crippen molar-refractivity contribution in [3.8, 4) is 0 Å². The van der Waals surface area contributed by atoms with Gasteiger partial charge in [-0.1, -0.05) is 11.6 Å². The zero-order valence-electron chi connectivity index (χ0n) is 9.54. The minimum Gasteiger partial charge on any atom is -0.396 e. The van der Waals surface area contributed by atoms with Crippen LogP contribution >= 0.6 is 11.6 Å². The molecule has 0 atom stereocenters. The van der Waals surface area contributed by atoms with Crippen molar-refractivity contribution in [2.45, 2.75) is 12.6 Å². The van der Waals surface area contributed by atoms with E-state index in [1.54, 1.807) is 0 Å². The largest absolute Gasteiger partial charge is 0.417 e. The van der Waals surface area contributed by atoms with Gasteiger partial charge in [0.15, 0.2) is 0 Å². The Balaban J connectivity index is 2.98. The number of alkyl halides is 3. The summed E-state index contributed by atoms with van der Waals surface area (Å²) < 4.78 is 62.6. The van der Waals surface area contributed by atoms with Gasteiger partial charge in [0.1, 0.15) is 0 Å². The smallest absolute Gasteiger partial charge is 0.396 e. The van der Waals surface area contributed by atoms with Gasteiger partial charge in [-0.05, 0) is 24.6 Å². The molecule has 19 heavy (non-hydrogen) atoms. The fourth-order valence-corrected chi connectivity index (χ4v) is 2.61. The fourth-order valence-electron chi connectivity index (χ4n) is 1.29. The highest BCUT2D eigenvalue weighted by atomic mass is 35.5. The average molecular weight is 318 g/mol. The first kappa shape index (κ1) is 16.1. The van der Waals surface area contributed by atoms with E-state index in [-0.39, 0.29) is 24.5 Å². The molecule has 2 N–H and O–H groups in total. The predicted octanol–water partition coefficient (Wildman–Crippen LogP) is 2.48. The average Bonchev–Trinajstić information content (AvgIpc) is 2.27. The minimum absolute atomic E-state index is 0.00491.